The minimum absolute atomic E-state index is 0.247. The minimum atomic E-state index is -3.34. The number of furan rings is 1. The minimum Gasteiger partial charge on any atom is -0.456 e. The smallest absolute Gasteiger partial charge is 0.263 e. The highest BCUT2D eigenvalue weighted by Gasteiger charge is 2.23. The lowest BCUT2D eigenvalue weighted by molar-refractivity contribution is -0.115. The van der Waals surface area contributed by atoms with Gasteiger partial charge in [0, 0.05) is 35.1 Å². The fraction of sp³-hybridized carbons (Fsp3) is 0.0556. The molecule has 0 spiro atoms. The average Bonchev–Trinajstić information content (AvgIpc) is 3.16. The summed E-state index contributed by atoms with van der Waals surface area (Å²) in [6.07, 6.45) is 6.09. The molecule has 0 unspecified atom stereocenters. The van der Waals surface area contributed by atoms with Crippen molar-refractivity contribution in [3.05, 3.63) is 53.4 Å². The molecule has 2 N–H and O–H groups in total. The molecule has 0 bridgehead atoms. The van der Waals surface area contributed by atoms with E-state index in [0.29, 0.717) is 26.3 Å². The molecule has 4 rings (SSSR count). The number of benzene rings is 1. The summed E-state index contributed by atoms with van der Waals surface area (Å²) < 4.78 is 31.5. The van der Waals surface area contributed by atoms with Gasteiger partial charge in [-0.15, -0.1) is 0 Å². The van der Waals surface area contributed by atoms with Crippen LogP contribution < -0.4 is 10.0 Å². The molecular weight excluding hydrogens is 418 g/mol. The van der Waals surface area contributed by atoms with Crippen molar-refractivity contribution in [3.63, 3.8) is 0 Å². The number of rotatable bonds is 4. The first-order valence-electron chi connectivity index (χ1n) is 7.99. The Morgan fingerprint density at radius 2 is 2.00 bits per heavy atom. The molecule has 0 atom stereocenters. The van der Waals surface area contributed by atoms with E-state index < -0.39 is 10.0 Å². The van der Waals surface area contributed by atoms with Gasteiger partial charge in [-0.2, -0.15) is 0 Å². The summed E-state index contributed by atoms with van der Waals surface area (Å²) >= 11 is 6.17. The molecule has 0 aliphatic carbocycles. The summed E-state index contributed by atoms with van der Waals surface area (Å²) in [6.45, 7) is 0. The second-order valence-corrected chi connectivity index (χ2v) is 9.53. The van der Waals surface area contributed by atoms with Crippen LogP contribution in [-0.4, -0.2) is 29.9 Å². The van der Waals surface area contributed by atoms with Crippen LogP contribution in [0.15, 0.2) is 52.0 Å². The molecule has 28 heavy (non-hydrogen) atoms. The normalized spacial score (nSPS) is 16.0. The highest BCUT2D eigenvalue weighted by molar-refractivity contribution is 8.26. The Morgan fingerprint density at radius 3 is 2.64 bits per heavy atom. The number of carbonyl (C=O) groups is 1. The number of thioether (sulfide) groups is 1. The maximum Gasteiger partial charge on any atom is 0.263 e. The predicted molar refractivity (Wildman–Crippen MR) is 114 cm³/mol. The van der Waals surface area contributed by atoms with Gasteiger partial charge >= 0.3 is 0 Å². The lowest BCUT2D eigenvalue weighted by atomic mass is 10.1. The Labute approximate surface area is 170 Å². The third-order valence-corrected chi connectivity index (χ3v) is 5.63. The first-order valence-corrected chi connectivity index (χ1v) is 11.1. The maximum absolute atomic E-state index is 11.8. The molecular formula is C18H13N3O4S3. The van der Waals surface area contributed by atoms with E-state index in [1.807, 2.05) is 0 Å². The lowest BCUT2D eigenvalue weighted by Crippen LogP contribution is -2.17. The van der Waals surface area contributed by atoms with E-state index in [-0.39, 0.29) is 5.91 Å². The van der Waals surface area contributed by atoms with Gasteiger partial charge in [0.15, 0.2) is 0 Å². The highest BCUT2D eigenvalue weighted by Crippen LogP contribution is 2.33. The number of amides is 1. The van der Waals surface area contributed by atoms with Crippen LogP contribution >= 0.6 is 24.0 Å². The number of carbonyl (C=O) groups excluding carboxylic acids is 1. The van der Waals surface area contributed by atoms with E-state index in [4.69, 9.17) is 16.6 Å². The molecule has 2 aromatic heterocycles. The number of hydrogen-bond donors (Lipinski definition) is 2. The first-order chi connectivity index (χ1) is 13.3. The number of pyridine rings is 1. The number of thiocarbonyl (C=S) groups is 1. The Morgan fingerprint density at radius 1 is 1.25 bits per heavy atom. The Kier molecular flexibility index (Phi) is 4.69. The molecule has 10 heteroatoms. The van der Waals surface area contributed by atoms with Crippen LogP contribution in [0.1, 0.15) is 5.76 Å². The van der Waals surface area contributed by atoms with Crippen molar-refractivity contribution in [2.75, 3.05) is 11.0 Å². The van der Waals surface area contributed by atoms with Gasteiger partial charge in [0.2, 0.25) is 10.0 Å². The number of fused-ring (bicyclic) bond motifs is 1. The zero-order valence-electron chi connectivity index (χ0n) is 14.4. The summed E-state index contributed by atoms with van der Waals surface area (Å²) in [5.41, 5.74) is 2.67. The maximum atomic E-state index is 11.8. The molecule has 1 saturated heterocycles. The second-order valence-electron chi connectivity index (χ2n) is 6.06. The van der Waals surface area contributed by atoms with E-state index in [9.17, 15) is 13.2 Å². The lowest BCUT2D eigenvalue weighted by Gasteiger charge is -2.06. The first kappa shape index (κ1) is 18.7. The van der Waals surface area contributed by atoms with Crippen LogP contribution in [0.25, 0.3) is 28.2 Å². The highest BCUT2D eigenvalue weighted by atomic mass is 32.2. The summed E-state index contributed by atoms with van der Waals surface area (Å²) in [4.78, 5) is 16.5. The fourth-order valence-corrected chi connectivity index (χ4v) is 4.33. The van der Waals surface area contributed by atoms with Crippen molar-refractivity contribution in [1.82, 2.24) is 10.3 Å². The largest absolute Gasteiger partial charge is 0.456 e. The van der Waals surface area contributed by atoms with Gasteiger partial charge in [-0.3, -0.25) is 14.5 Å². The van der Waals surface area contributed by atoms with Crippen molar-refractivity contribution in [3.8, 4) is 11.1 Å². The number of nitrogens with zero attached hydrogens (tertiary/aromatic N) is 1. The quantitative estimate of drug-likeness (QED) is 0.482. The Bertz CT molecular complexity index is 1240. The second kappa shape index (κ2) is 7.04. The average molecular weight is 432 g/mol. The molecule has 1 amide bonds. The zero-order valence-corrected chi connectivity index (χ0v) is 16.9. The molecule has 1 aliphatic rings. The topological polar surface area (TPSA) is 101 Å². The number of nitrogens with one attached hydrogen (secondary N) is 2. The van der Waals surface area contributed by atoms with Crippen LogP contribution in [0, 0.1) is 0 Å². The van der Waals surface area contributed by atoms with Crippen LogP contribution in [-0.2, 0) is 14.8 Å². The van der Waals surface area contributed by atoms with E-state index in [2.05, 4.69) is 15.0 Å². The SMILES string of the molecule is CS(=O)(=O)Nc1ccc(-c2cncc3cc(/C=C4/SC(=S)NC4=O)oc23)cc1. The third-order valence-electron chi connectivity index (χ3n) is 3.86. The summed E-state index contributed by atoms with van der Waals surface area (Å²) in [6, 6.07) is 8.70. The van der Waals surface area contributed by atoms with E-state index in [0.717, 1.165) is 22.8 Å². The predicted octanol–water partition coefficient (Wildman–Crippen LogP) is 3.36. The van der Waals surface area contributed by atoms with Crippen LogP contribution in [0.3, 0.4) is 0 Å². The molecule has 7 nitrogen and oxygen atoms in total. The van der Waals surface area contributed by atoms with Crippen molar-refractivity contribution in [1.29, 1.82) is 0 Å². The zero-order chi connectivity index (χ0) is 19.9. The van der Waals surface area contributed by atoms with Crippen molar-refractivity contribution in [2.24, 2.45) is 0 Å². The summed E-state index contributed by atoms with van der Waals surface area (Å²) in [5.74, 6) is 0.268. The molecule has 1 fully saturated rings. The summed E-state index contributed by atoms with van der Waals surface area (Å²) in [7, 11) is -3.34. The van der Waals surface area contributed by atoms with Gasteiger partial charge in [0.05, 0.1) is 11.2 Å². The van der Waals surface area contributed by atoms with Crippen LogP contribution in [0.4, 0.5) is 5.69 Å². The van der Waals surface area contributed by atoms with E-state index >= 15 is 0 Å². The Hall–Kier alpha value is -2.69. The van der Waals surface area contributed by atoms with Gasteiger partial charge in [-0.1, -0.05) is 36.1 Å². The number of aromatic nitrogens is 1. The van der Waals surface area contributed by atoms with Crippen molar-refractivity contribution >= 4 is 67.0 Å². The van der Waals surface area contributed by atoms with Gasteiger partial charge in [-0.25, -0.2) is 8.42 Å². The number of anilines is 1. The van der Waals surface area contributed by atoms with Gasteiger partial charge < -0.3 is 9.73 Å². The summed E-state index contributed by atoms with van der Waals surface area (Å²) in [5, 5.41) is 3.35. The fourth-order valence-electron chi connectivity index (χ4n) is 2.74. The molecule has 1 aliphatic heterocycles. The molecule has 142 valence electrons. The molecule has 3 heterocycles. The van der Waals surface area contributed by atoms with Crippen LogP contribution in [0.5, 0.6) is 0 Å². The van der Waals surface area contributed by atoms with Crippen molar-refractivity contribution < 1.29 is 17.6 Å². The third kappa shape index (κ3) is 3.93. The van der Waals surface area contributed by atoms with Gasteiger partial charge in [0.1, 0.15) is 15.7 Å². The van der Waals surface area contributed by atoms with Gasteiger partial charge in [0.25, 0.3) is 5.91 Å². The number of sulfonamides is 1. The number of hydrogen-bond acceptors (Lipinski definition) is 7. The molecule has 1 aromatic carbocycles. The monoisotopic (exact) mass is 431 g/mol. The van der Waals surface area contributed by atoms with Crippen molar-refractivity contribution in [2.45, 2.75) is 0 Å². The van der Waals surface area contributed by atoms with E-state index in [1.165, 1.54) is 11.8 Å². The van der Waals surface area contributed by atoms with Crippen LogP contribution in [0.2, 0.25) is 0 Å². The molecule has 3 aromatic rings. The Balaban J connectivity index is 1.71. The standard InChI is InChI=1S/C18H13N3O4S3/c1-28(23,24)21-12-4-2-10(3-5-12)14-9-19-8-11-6-13(25-16(11)14)7-15-17(22)20-18(26)27-15/h2-9,21H,1H3,(H,20,22,26)/b15-7+. The molecule has 0 saturated carbocycles. The van der Waals surface area contributed by atoms with Gasteiger partial charge in [-0.05, 0) is 23.8 Å². The van der Waals surface area contributed by atoms with E-state index in [1.54, 1.807) is 48.8 Å². The molecule has 0 radical (unpaired) electrons.